The molecular formula is C29H33ClN4O2S. The molecule has 3 aromatic carbocycles. The third-order valence-corrected chi connectivity index (χ3v) is 7.07. The highest BCUT2D eigenvalue weighted by atomic mass is 35.5. The maximum absolute atomic E-state index is 12.9. The molecule has 0 fully saturated rings. The van der Waals surface area contributed by atoms with Gasteiger partial charge in [-0.1, -0.05) is 67.4 Å². The van der Waals surface area contributed by atoms with E-state index in [0.29, 0.717) is 16.3 Å². The van der Waals surface area contributed by atoms with Crippen LogP contribution in [0.25, 0.3) is 0 Å². The summed E-state index contributed by atoms with van der Waals surface area (Å²) in [7, 11) is 0. The number of aryl methyl sites for hydroxylation is 1. The quantitative estimate of drug-likeness (QED) is 0.163. The first-order valence-electron chi connectivity index (χ1n) is 12.3. The second kappa shape index (κ2) is 14.6. The summed E-state index contributed by atoms with van der Waals surface area (Å²) >= 11 is 8.01. The summed E-state index contributed by atoms with van der Waals surface area (Å²) in [4.78, 5) is 28.1. The maximum atomic E-state index is 12.9. The normalized spacial score (nSPS) is 11.2. The Hall–Kier alpha value is -3.13. The maximum Gasteiger partial charge on any atom is 0.273 e. The molecule has 0 saturated heterocycles. The van der Waals surface area contributed by atoms with Crippen LogP contribution in [0.5, 0.6) is 0 Å². The third kappa shape index (κ3) is 9.04. The second-order valence-electron chi connectivity index (χ2n) is 8.53. The molecule has 0 radical (unpaired) electrons. The number of carbonyl (C=O) groups is 2. The van der Waals surface area contributed by atoms with Crippen LogP contribution in [0, 0.1) is 6.92 Å². The van der Waals surface area contributed by atoms with Gasteiger partial charge in [0.2, 0.25) is 0 Å². The molecule has 0 unspecified atom stereocenters. The van der Waals surface area contributed by atoms with E-state index in [2.05, 4.69) is 34.6 Å². The number of amides is 2. The van der Waals surface area contributed by atoms with Gasteiger partial charge in [0.1, 0.15) is 0 Å². The van der Waals surface area contributed by atoms with Crippen molar-refractivity contribution in [2.24, 2.45) is 5.10 Å². The molecule has 6 nitrogen and oxygen atoms in total. The molecule has 37 heavy (non-hydrogen) atoms. The van der Waals surface area contributed by atoms with Crippen LogP contribution < -0.4 is 10.7 Å². The molecule has 0 spiro atoms. The van der Waals surface area contributed by atoms with Gasteiger partial charge in [-0.25, -0.2) is 5.43 Å². The molecule has 0 saturated carbocycles. The van der Waals surface area contributed by atoms with Crippen LogP contribution in [-0.4, -0.2) is 48.3 Å². The van der Waals surface area contributed by atoms with E-state index in [1.165, 1.54) is 11.6 Å². The molecule has 2 N–H and O–H groups in total. The van der Waals surface area contributed by atoms with Gasteiger partial charge in [-0.2, -0.15) is 16.9 Å². The van der Waals surface area contributed by atoms with E-state index in [-0.39, 0.29) is 11.5 Å². The second-order valence-corrected chi connectivity index (χ2v) is 10.1. The van der Waals surface area contributed by atoms with E-state index < -0.39 is 5.91 Å². The molecule has 0 atom stereocenters. The van der Waals surface area contributed by atoms with E-state index in [9.17, 15) is 9.59 Å². The Kier molecular flexibility index (Phi) is 11.2. The number of anilines is 1. The van der Waals surface area contributed by atoms with Crippen molar-refractivity contribution in [2.45, 2.75) is 26.5 Å². The summed E-state index contributed by atoms with van der Waals surface area (Å²) in [5.74, 6) is 1.19. The summed E-state index contributed by atoms with van der Waals surface area (Å²) in [5.41, 5.74) is 6.73. The number of hydrazone groups is 1. The average molecular weight is 537 g/mol. The molecule has 0 aromatic heterocycles. The number of hydrogen-bond acceptors (Lipinski definition) is 5. The molecule has 0 aliphatic carbocycles. The number of carbonyl (C=O) groups excluding carboxylic acids is 2. The molecular weight excluding hydrogens is 504 g/mol. The van der Waals surface area contributed by atoms with Crippen molar-refractivity contribution in [3.8, 4) is 0 Å². The monoisotopic (exact) mass is 536 g/mol. The fourth-order valence-electron chi connectivity index (χ4n) is 3.66. The number of thioether (sulfide) groups is 1. The van der Waals surface area contributed by atoms with E-state index in [1.54, 1.807) is 30.5 Å². The first-order valence-corrected chi connectivity index (χ1v) is 13.8. The van der Waals surface area contributed by atoms with Gasteiger partial charge < -0.3 is 10.2 Å². The minimum absolute atomic E-state index is 0.225. The van der Waals surface area contributed by atoms with Gasteiger partial charge in [0, 0.05) is 28.6 Å². The van der Waals surface area contributed by atoms with Gasteiger partial charge in [-0.15, -0.1) is 0 Å². The zero-order chi connectivity index (χ0) is 26.6. The Morgan fingerprint density at radius 3 is 2.46 bits per heavy atom. The van der Waals surface area contributed by atoms with Crippen molar-refractivity contribution < 1.29 is 9.59 Å². The Labute approximate surface area is 228 Å². The van der Waals surface area contributed by atoms with E-state index in [1.807, 2.05) is 55.1 Å². The molecule has 3 aromatic rings. The summed E-state index contributed by atoms with van der Waals surface area (Å²) in [6.45, 7) is 9.55. The van der Waals surface area contributed by atoms with Crippen molar-refractivity contribution in [3.63, 3.8) is 0 Å². The lowest BCUT2D eigenvalue weighted by atomic mass is 10.1. The van der Waals surface area contributed by atoms with Gasteiger partial charge in [-0.05, 0) is 61.5 Å². The molecule has 0 bridgehead atoms. The van der Waals surface area contributed by atoms with Crippen LogP contribution in [-0.2, 0) is 5.75 Å². The van der Waals surface area contributed by atoms with Gasteiger partial charge in [0.05, 0.1) is 17.5 Å². The lowest BCUT2D eigenvalue weighted by Crippen LogP contribution is -2.25. The summed E-state index contributed by atoms with van der Waals surface area (Å²) in [6, 6.07) is 20.0. The van der Waals surface area contributed by atoms with Crippen molar-refractivity contribution in [3.05, 3.63) is 99.6 Å². The molecule has 0 heterocycles. The Morgan fingerprint density at radius 2 is 1.76 bits per heavy atom. The predicted octanol–water partition coefficient (Wildman–Crippen LogP) is 6.24. The Bertz CT molecular complexity index is 1230. The zero-order valence-electron chi connectivity index (χ0n) is 21.5. The van der Waals surface area contributed by atoms with Crippen LogP contribution in [0.3, 0.4) is 0 Å². The number of rotatable bonds is 12. The first kappa shape index (κ1) is 28.4. The van der Waals surface area contributed by atoms with Gasteiger partial charge in [0.25, 0.3) is 11.8 Å². The molecule has 2 amide bonds. The van der Waals surface area contributed by atoms with E-state index in [0.717, 1.165) is 42.3 Å². The Balaban J connectivity index is 1.60. The molecule has 8 heteroatoms. The number of hydrogen-bond donors (Lipinski definition) is 2. The minimum atomic E-state index is -0.473. The van der Waals surface area contributed by atoms with Crippen LogP contribution >= 0.6 is 23.4 Å². The molecule has 3 rings (SSSR count). The highest BCUT2D eigenvalue weighted by Gasteiger charge is 2.15. The number of benzene rings is 3. The number of halogens is 1. The lowest BCUT2D eigenvalue weighted by molar-refractivity contribution is 0.0956. The summed E-state index contributed by atoms with van der Waals surface area (Å²) in [6.07, 6.45) is 1.57. The smallest absolute Gasteiger partial charge is 0.273 e. The zero-order valence-corrected chi connectivity index (χ0v) is 23.0. The average Bonchev–Trinajstić information content (AvgIpc) is 2.90. The van der Waals surface area contributed by atoms with Gasteiger partial charge in [0.15, 0.2) is 0 Å². The van der Waals surface area contributed by atoms with Crippen molar-refractivity contribution in [1.82, 2.24) is 10.3 Å². The fraction of sp³-hybridized carbons (Fsp3) is 0.276. The molecule has 194 valence electrons. The SMILES string of the molecule is CCN(CC)CCSCc1ccc(C(=O)Nc2ccc(Cl)cc2C(=O)N/N=C/c2cccc(C)c2)cc1. The number of nitrogens with one attached hydrogen (secondary N) is 2. The molecule has 0 aliphatic heterocycles. The standard InChI is InChI=1S/C29H33ClN4O2S/c1-4-34(5-2)15-16-37-20-22-9-11-24(12-10-22)28(35)32-27-14-13-25(30)18-26(27)29(36)33-31-19-23-8-6-7-21(3)17-23/h6-14,17-19H,4-5,15-16,20H2,1-3H3,(H,32,35)(H,33,36)/b31-19+. The fourth-order valence-corrected chi connectivity index (χ4v) is 4.79. The first-order chi connectivity index (χ1) is 17.9. The molecule has 0 aliphatic rings. The largest absolute Gasteiger partial charge is 0.321 e. The van der Waals surface area contributed by atoms with Crippen LogP contribution in [0.4, 0.5) is 5.69 Å². The summed E-state index contributed by atoms with van der Waals surface area (Å²) < 4.78 is 0. The van der Waals surface area contributed by atoms with Crippen LogP contribution in [0.15, 0.2) is 71.8 Å². The van der Waals surface area contributed by atoms with Gasteiger partial charge in [-0.3, -0.25) is 9.59 Å². The minimum Gasteiger partial charge on any atom is -0.321 e. The van der Waals surface area contributed by atoms with Crippen LogP contribution in [0.2, 0.25) is 5.02 Å². The van der Waals surface area contributed by atoms with Crippen LogP contribution in [0.1, 0.15) is 51.3 Å². The third-order valence-electron chi connectivity index (χ3n) is 5.83. The topological polar surface area (TPSA) is 73.8 Å². The van der Waals surface area contributed by atoms with Crippen molar-refractivity contribution >= 4 is 47.1 Å². The van der Waals surface area contributed by atoms with E-state index >= 15 is 0 Å². The number of nitrogens with zero attached hydrogens (tertiary/aromatic N) is 2. The summed E-state index contributed by atoms with van der Waals surface area (Å²) in [5, 5.41) is 7.25. The lowest BCUT2D eigenvalue weighted by Gasteiger charge is -2.17. The van der Waals surface area contributed by atoms with Crippen molar-refractivity contribution in [2.75, 3.05) is 30.7 Å². The highest BCUT2D eigenvalue weighted by molar-refractivity contribution is 7.98. The highest BCUT2D eigenvalue weighted by Crippen LogP contribution is 2.22. The Morgan fingerprint density at radius 1 is 1.00 bits per heavy atom. The predicted molar refractivity (Wildman–Crippen MR) is 156 cm³/mol. The van der Waals surface area contributed by atoms with Crippen molar-refractivity contribution in [1.29, 1.82) is 0 Å². The van der Waals surface area contributed by atoms with E-state index in [4.69, 9.17) is 11.6 Å². The van der Waals surface area contributed by atoms with Gasteiger partial charge >= 0.3 is 0 Å².